The van der Waals surface area contributed by atoms with Gasteiger partial charge >= 0.3 is 5.69 Å². The predicted octanol–water partition coefficient (Wildman–Crippen LogP) is 1.59. The van der Waals surface area contributed by atoms with Crippen molar-refractivity contribution in [2.75, 3.05) is 36.4 Å². The van der Waals surface area contributed by atoms with Crippen LogP contribution in [0.1, 0.15) is 26.2 Å². The Morgan fingerprint density at radius 2 is 1.97 bits per heavy atom. The van der Waals surface area contributed by atoms with Crippen LogP contribution >= 0.6 is 0 Å². The molecule has 3 saturated heterocycles. The van der Waals surface area contributed by atoms with Gasteiger partial charge in [-0.25, -0.2) is 4.79 Å². The summed E-state index contributed by atoms with van der Waals surface area (Å²) in [5.74, 6) is -1.27. The smallest absolute Gasteiger partial charge is 0.323 e. The molecule has 5 heterocycles. The highest BCUT2D eigenvalue weighted by Crippen LogP contribution is 2.52. The third-order valence-corrected chi connectivity index (χ3v) is 7.31. The van der Waals surface area contributed by atoms with E-state index < -0.39 is 23.5 Å². The molecule has 4 aliphatic rings. The molecule has 2 amide bonds. The van der Waals surface area contributed by atoms with Crippen molar-refractivity contribution in [1.82, 2.24) is 14.9 Å². The fourth-order valence-corrected chi connectivity index (χ4v) is 5.94. The third kappa shape index (κ3) is 2.76. The zero-order valence-electron chi connectivity index (χ0n) is 18.0. The van der Waals surface area contributed by atoms with Crippen LogP contribution in [0.25, 0.3) is 11.0 Å². The normalized spacial score (nSPS) is 30.7. The van der Waals surface area contributed by atoms with Crippen LogP contribution in [-0.2, 0) is 14.3 Å². The highest BCUT2D eigenvalue weighted by molar-refractivity contribution is 6.02. The molecule has 2 aromatic rings. The Morgan fingerprint density at radius 1 is 1.22 bits per heavy atom. The number of amides is 2. The number of rotatable bonds is 5. The number of ether oxygens (including phenoxy) is 1. The van der Waals surface area contributed by atoms with Crippen molar-refractivity contribution in [3.8, 4) is 0 Å². The summed E-state index contributed by atoms with van der Waals surface area (Å²) in [7, 11) is 0. The monoisotopic (exact) mass is 437 g/mol. The first-order valence-electron chi connectivity index (χ1n) is 11.5. The van der Waals surface area contributed by atoms with Gasteiger partial charge in [-0.1, -0.05) is 19.1 Å². The van der Waals surface area contributed by atoms with Gasteiger partial charge in [0.15, 0.2) is 0 Å². The molecule has 32 heavy (non-hydrogen) atoms. The molecule has 0 aliphatic carbocycles. The minimum atomic E-state index is -0.688. The van der Waals surface area contributed by atoms with Crippen molar-refractivity contribution < 1.29 is 14.3 Å². The summed E-state index contributed by atoms with van der Waals surface area (Å²) in [4.78, 5) is 48.2. The van der Waals surface area contributed by atoms with Crippen molar-refractivity contribution >= 4 is 34.2 Å². The van der Waals surface area contributed by atoms with Crippen molar-refractivity contribution in [1.29, 1.82) is 0 Å². The molecule has 1 aromatic heterocycles. The predicted molar refractivity (Wildman–Crippen MR) is 120 cm³/mol. The molecule has 9 nitrogen and oxygen atoms in total. The molecule has 4 atom stereocenters. The van der Waals surface area contributed by atoms with Crippen LogP contribution < -0.4 is 15.9 Å². The zero-order chi connectivity index (χ0) is 22.0. The lowest BCUT2D eigenvalue weighted by atomic mass is 9.76. The van der Waals surface area contributed by atoms with Gasteiger partial charge in [0.25, 0.3) is 0 Å². The number of aromatic amines is 2. The molecule has 1 spiro atoms. The maximum Gasteiger partial charge on any atom is 0.323 e. The summed E-state index contributed by atoms with van der Waals surface area (Å²) >= 11 is 0. The van der Waals surface area contributed by atoms with E-state index in [0.717, 1.165) is 38.0 Å². The van der Waals surface area contributed by atoms with Gasteiger partial charge in [0.2, 0.25) is 11.8 Å². The quantitative estimate of drug-likeness (QED) is 0.616. The van der Waals surface area contributed by atoms with Crippen molar-refractivity contribution in [2.24, 2.45) is 11.8 Å². The fraction of sp³-hybridized carbons (Fsp3) is 0.522. The van der Waals surface area contributed by atoms with Crippen LogP contribution in [0.15, 0.2) is 29.1 Å². The number of anilines is 2. The molecule has 0 radical (unpaired) electrons. The highest BCUT2D eigenvalue weighted by atomic mass is 16.5. The molecule has 3 fully saturated rings. The van der Waals surface area contributed by atoms with Crippen LogP contribution in [0.5, 0.6) is 0 Å². The lowest BCUT2D eigenvalue weighted by Gasteiger charge is -2.26. The number of likely N-dealkylation sites (tertiary alicyclic amines) is 1. The Bertz CT molecular complexity index is 1190. The second-order valence-electron chi connectivity index (χ2n) is 9.34. The number of H-pyrrole nitrogens is 2. The Hall–Kier alpha value is -3.07. The van der Waals surface area contributed by atoms with E-state index >= 15 is 0 Å². The van der Waals surface area contributed by atoms with Gasteiger partial charge in [0.05, 0.1) is 46.9 Å². The van der Waals surface area contributed by atoms with E-state index in [4.69, 9.17) is 4.74 Å². The van der Waals surface area contributed by atoms with Gasteiger partial charge < -0.3 is 29.8 Å². The lowest BCUT2D eigenvalue weighted by molar-refractivity contribution is -0.135. The number of nitrogens with zero attached hydrogens (tertiary/aromatic N) is 2. The second kappa shape index (κ2) is 6.96. The van der Waals surface area contributed by atoms with Crippen LogP contribution in [-0.4, -0.2) is 64.6 Å². The number of imidazole rings is 1. The minimum absolute atomic E-state index is 0.00373. The molecular weight excluding hydrogens is 410 g/mol. The van der Waals surface area contributed by atoms with Gasteiger partial charge in [-0.2, -0.15) is 0 Å². The molecule has 0 saturated carbocycles. The maximum atomic E-state index is 13.6. The van der Waals surface area contributed by atoms with Crippen LogP contribution in [0.2, 0.25) is 0 Å². The van der Waals surface area contributed by atoms with Crippen LogP contribution in [0.4, 0.5) is 11.4 Å². The molecular formula is C23H27N5O4. The molecule has 9 heteroatoms. The van der Waals surface area contributed by atoms with Crippen LogP contribution in [0.3, 0.4) is 0 Å². The minimum Gasteiger partial charge on any atom is -0.370 e. The average Bonchev–Trinajstić information content (AvgIpc) is 3.55. The molecule has 0 unspecified atom stereocenters. The molecule has 4 aliphatic heterocycles. The zero-order valence-corrected chi connectivity index (χ0v) is 18.0. The van der Waals surface area contributed by atoms with E-state index in [1.807, 2.05) is 30.0 Å². The van der Waals surface area contributed by atoms with Crippen molar-refractivity contribution in [2.45, 2.75) is 37.9 Å². The number of carbonyl (C=O) groups excluding carboxylic acids is 2. The second-order valence-corrected chi connectivity index (χ2v) is 9.34. The summed E-state index contributed by atoms with van der Waals surface area (Å²) in [5, 5.41) is 3.09. The molecule has 6 rings (SSSR count). The van der Waals surface area contributed by atoms with Crippen molar-refractivity contribution in [3.05, 3.63) is 34.8 Å². The standard InChI is InChI=1S/C23H27N5O4/c1-2-7-28-12-23-6-5-17(32-23)18(19(23)21(28)30)20(29)24-15-10-13-14(26-22(31)25-13)11-16(15)27-8-3-4-9-27/h5-6,10-11,17-19H,2-4,7-9,12H2,1H3,(H,24,29)(H2,25,26,31)/t17-,18-,19+,23-/m0/s1. The van der Waals surface area contributed by atoms with Gasteiger partial charge in [-0.3, -0.25) is 9.59 Å². The fourth-order valence-electron chi connectivity index (χ4n) is 5.94. The summed E-state index contributed by atoms with van der Waals surface area (Å²) in [6.07, 6.45) is 6.56. The largest absolute Gasteiger partial charge is 0.370 e. The van der Waals surface area contributed by atoms with E-state index in [-0.39, 0.29) is 17.5 Å². The van der Waals surface area contributed by atoms with E-state index in [1.165, 1.54) is 0 Å². The third-order valence-electron chi connectivity index (χ3n) is 7.31. The lowest BCUT2D eigenvalue weighted by Crippen LogP contribution is -2.41. The number of carbonyl (C=O) groups is 2. The number of hydrogen-bond acceptors (Lipinski definition) is 5. The van der Waals surface area contributed by atoms with Gasteiger partial charge in [-0.05, 0) is 31.4 Å². The molecule has 168 valence electrons. The number of benzene rings is 1. The van der Waals surface area contributed by atoms with Gasteiger partial charge in [0.1, 0.15) is 5.60 Å². The summed E-state index contributed by atoms with van der Waals surface area (Å²) in [6, 6.07) is 3.72. The first kappa shape index (κ1) is 19.6. The number of hydrogen-bond donors (Lipinski definition) is 3. The number of aromatic nitrogens is 2. The Labute approximate surface area is 184 Å². The van der Waals surface area contributed by atoms with E-state index in [0.29, 0.717) is 29.8 Å². The average molecular weight is 438 g/mol. The highest BCUT2D eigenvalue weighted by Gasteiger charge is 2.66. The Morgan fingerprint density at radius 3 is 2.72 bits per heavy atom. The van der Waals surface area contributed by atoms with E-state index in [1.54, 1.807) is 6.07 Å². The van der Waals surface area contributed by atoms with Crippen LogP contribution in [0, 0.1) is 11.8 Å². The van der Waals surface area contributed by atoms with E-state index in [2.05, 4.69) is 20.2 Å². The number of fused-ring (bicyclic) bond motifs is 2. The summed E-state index contributed by atoms with van der Waals surface area (Å²) in [5.41, 5.74) is 1.92. The molecule has 2 bridgehead atoms. The Balaban J connectivity index is 1.34. The Kier molecular flexibility index (Phi) is 4.27. The first-order valence-corrected chi connectivity index (χ1v) is 11.5. The number of nitrogens with one attached hydrogen (secondary N) is 3. The van der Waals surface area contributed by atoms with Gasteiger partial charge in [0, 0.05) is 19.6 Å². The molecule has 3 N–H and O–H groups in total. The van der Waals surface area contributed by atoms with Crippen molar-refractivity contribution in [3.63, 3.8) is 0 Å². The summed E-state index contributed by atoms with van der Waals surface area (Å²) in [6.45, 7) is 5.02. The topological polar surface area (TPSA) is 111 Å². The first-order chi connectivity index (χ1) is 15.5. The maximum absolute atomic E-state index is 13.6. The molecule has 1 aromatic carbocycles. The SMILES string of the molecule is CCCN1C[C@]23C=C[C@H](O2)[C@H](C(=O)Nc2cc4[nH]c(=O)[nH]c4cc2N2CCCC2)[C@@H]3C1=O. The van der Waals surface area contributed by atoms with E-state index in [9.17, 15) is 14.4 Å². The summed E-state index contributed by atoms with van der Waals surface area (Å²) < 4.78 is 6.21. The van der Waals surface area contributed by atoms with Gasteiger partial charge in [-0.15, -0.1) is 0 Å².